The van der Waals surface area contributed by atoms with Crippen LogP contribution in [0.15, 0.2) is 6.20 Å². The molecule has 1 aromatic rings. The summed E-state index contributed by atoms with van der Waals surface area (Å²) in [5, 5.41) is 3.58. The summed E-state index contributed by atoms with van der Waals surface area (Å²) < 4.78 is 5.79. The first-order valence-corrected chi connectivity index (χ1v) is 6.77. The molecular weight excluding hydrogens is 252 g/mol. The van der Waals surface area contributed by atoms with Crippen molar-refractivity contribution >= 4 is 23.4 Å². The van der Waals surface area contributed by atoms with Crippen LogP contribution in [0.5, 0.6) is 0 Å². The maximum atomic E-state index is 5.94. The van der Waals surface area contributed by atoms with E-state index in [0.717, 1.165) is 0 Å². The normalized spacial score (nSPS) is 16.7. The Kier molecular flexibility index (Phi) is 5.01. The van der Waals surface area contributed by atoms with Crippen molar-refractivity contribution in [2.24, 2.45) is 0 Å². The van der Waals surface area contributed by atoms with Gasteiger partial charge in [-0.15, -0.1) is 0 Å². The highest BCUT2D eigenvalue weighted by Gasteiger charge is 2.13. The number of nitrogens with one attached hydrogen (secondary N) is 1. The number of hydrogen-bond acceptors (Lipinski definition) is 5. The van der Waals surface area contributed by atoms with E-state index in [-0.39, 0.29) is 5.95 Å². The van der Waals surface area contributed by atoms with Crippen LogP contribution in [-0.4, -0.2) is 29.2 Å². The van der Waals surface area contributed by atoms with Gasteiger partial charge in [-0.1, -0.05) is 30.9 Å². The Hall–Kier alpha value is -1.07. The molecule has 1 aliphatic rings. The second-order valence-electron chi connectivity index (χ2n) is 4.48. The summed E-state index contributed by atoms with van der Waals surface area (Å²) in [7, 11) is 0. The number of nitrogens with two attached hydrogens (primary N) is 1. The Balaban J connectivity index is 1.69. The molecule has 0 unspecified atom stereocenters. The molecule has 100 valence electrons. The Morgan fingerprint density at radius 2 is 2.17 bits per heavy atom. The molecular formula is C12H19ClN4O. The lowest BCUT2D eigenvalue weighted by Crippen LogP contribution is -2.20. The molecule has 0 atom stereocenters. The van der Waals surface area contributed by atoms with Crippen molar-refractivity contribution in [3.8, 4) is 0 Å². The minimum Gasteiger partial charge on any atom is -0.376 e. The molecule has 3 N–H and O–H groups in total. The van der Waals surface area contributed by atoms with Crippen molar-refractivity contribution in [2.45, 2.75) is 38.2 Å². The zero-order chi connectivity index (χ0) is 12.8. The van der Waals surface area contributed by atoms with E-state index in [4.69, 9.17) is 22.1 Å². The SMILES string of the molecule is Nc1ncc(Cl)c(NCCOC2CCCCC2)n1. The maximum Gasteiger partial charge on any atom is 0.222 e. The molecule has 1 heterocycles. The van der Waals surface area contributed by atoms with E-state index in [1.807, 2.05) is 0 Å². The molecule has 0 saturated heterocycles. The number of anilines is 2. The van der Waals surface area contributed by atoms with Gasteiger partial charge in [0.2, 0.25) is 5.95 Å². The van der Waals surface area contributed by atoms with Crippen molar-refractivity contribution in [1.29, 1.82) is 0 Å². The molecule has 18 heavy (non-hydrogen) atoms. The minimum absolute atomic E-state index is 0.218. The lowest BCUT2D eigenvalue weighted by molar-refractivity contribution is 0.0347. The number of nitrogen functional groups attached to an aromatic ring is 1. The summed E-state index contributed by atoms with van der Waals surface area (Å²) >= 11 is 5.94. The van der Waals surface area contributed by atoms with Crippen molar-refractivity contribution in [3.63, 3.8) is 0 Å². The zero-order valence-corrected chi connectivity index (χ0v) is 11.1. The fraction of sp³-hybridized carbons (Fsp3) is 0.667. The highest BCUT2D eigenvalue weighted by molar-refractivity contribution is 6.32. The Morgan fingerprint density at radius 3 is 2.94 bits per heavy atom. The van der Waals surface area contributed by atoms with E-state index in [2.05, 4.69) is 15.3 Å². The largest absolute Gasteiger partial charge is 0.376 e. The smallest absolute Gasteiger partial charge is 0.222 e. The van der Waals surface area contributed by atoms with Crippen molar-refractivity contribution in [1.82, 2.24) is 9.97 Å². The Bertz CT molecular complexity index is 382. The lowest BCUT2D eigenvalue weighted by atomic mass is 9.98. The van der Waals surface area contributed by atoms with E-state index in [1.54, 1.807) is 0 Å². The quantitative estimate of drug-likeness (QED) is 0.804. The first kappa shape index (κ1) is 13.4. The summed E-state index contributed by atoms with van der Waals surface area (Å²) in [6, 6.07) is 0. The van der Waals surface area contributed by atoms with E-state index in [1.165, 1.54) is 38.3 Å². The monoisotopic (exact) mass is 270 g/mol. The van der Waals surface area contributed by atoms with Gasteiger partial charge in [0, 0.05) is 6.54 Å². The predicted octanol–water partition coefficient (Wildman–Crippen LogP) is 2.47. The molecule has 0 aliphatic heterocycles. The second kappa shape index (κ2) is 6.75. The van der Waals surface area contributed by atoms with Crippen LogP contribution in [-0.2, 0) is 4.74 Å². The average Bonchev–Trinajstić information content (AvgIpc) is 2.40. The Labute approximate surface area is 112 Å². The summed E-state index contributed by atoms with van der Waals surface area (Å²) in [6.07, 6.45) is 8.19. The van der Waals surface area contributed by atoms with E-state index >= 15 is 0 Å². The fourth-order valence-corrected chi connectivity index (χ4v) is 2.29. The highest BCUT2D eigenvalue weighted by Crippen LogP contribution is 2.20. The third kappa shape index (κ3) is 3.99. The number of hydrogen-bond donors (Lipinski definition) is 2. The number of rotatable bonds is 5. The van der Waals surface area contributed by atoms with Crippen LogP contribution in [0.1, 0.15) is 32.1 Å². The van der Waals surface area contributed by atoms with Gasteiger partial charge in [-0.2, -0.15) is 4.98 Å². The van der Waals surface area contributed by atoms with Crippen molar-refractivity contribution in [2.75, 3.05) is 24.2 Å². The van der Waals surface area contributed by atoms with E-state index < -0.39 is 0 Å². The van der Waals surface area contributed by atoms with Gasteiger partial charge in [0.25, 0.3) is 0 Å². The first-order valence-electron chi connectivity index (χ1n) is 6.39. The van der Waals surface area contributed by atoms with Gasteiger partial charge in [-0.05, 0) is 12.8 Å². The topological polar surface area (TPSA) is 73.1 Å². The van der Waals surface area contributed by atoms with Crippen LogP contribution >= 0.6 is 11.6 Å². The molecule has 6 heteroatoms. The van der Waals surface area contributed by atoms with Gasteiger partial charge >= 0.3 is 0 Å². The summed E-state index contributed by atoms with van der Waals surface area (Å²) in [5.41, 5.74) is 5.50. The van der Waals surface area contributed by atoms with Gasteiger partial charge in [-0.3, -0.25) is 0 Å². The molecule has 0 spiro atoms. The molecule has 1 saturated carbocycles. The summed E-state index contributed by atoms with van der Waals surface area (Å²) in [5.74, 6) is 0.784. The van der Waals surface area contributed by atoms with Gasteiger partial charge in [0.15, 0.2) is 5.82 Å². The third-order valence-electron chi connectivity index (χ3n) is 3.06. The second-order valence-corrected chi connectivity index (χ2v) is 4.89. The summed E-state index contributed by atoms with van der Waals surface area (Å²) in [4.78, 5) is 7.83. The molecule has 0 bridgehead atoms. The average molecular weight is 271 g/mol. The van der Waals surface area contributed by atoms with Gasteiger partial charge in [-0.25, -0.2) is 4.98 Å². The van der Waals surface area contributed by atoms with Crippen molar-refractivity contribution < 1.29 is 4.74 Å². The Morgan fingerprint density at radius 1 is 1.39 bits per heavy atom. The molecule has 1 fully saturated rings. The molecule has 0 amide bonds. The van der Waals surface area contributed by atoms with Crippen LogP contribution < -0.4 is 11.1 Å². The fourth-order valence-electron chi connectivity index (χ4n) is 2.13. The summed E-state index contributed by atoms with van der Waals surface area (Å²) in [6.45, 7) is 1.33. The lowest BCUT2D eigenvalue weighted by Gasteiger charge is -2.22. The third-order valence-corrected chi connectivity index (χ3v) is 3.34. The van der Waals surface area contributed by atoms with Crippen LogP contribution in [0, 0.1) is 0 Å². The molecule has 5 nitrogen and oxygen atoms in total. The predicted molar refractivity (Wildman–Crippen MR) is 72.8 cm³/mol. The van der Waals surface area contributed by atoms with Gasteiger partial charge in [0.05, 0.1) is 18.9 Å². The minimum atomic E-state index is 0.218. The molecule has 0 aromatic carbocycles. The van der Waals surface area contributed by atoms with Gasteiger partial charge in [0.1, 0.15) is 5.02 Å². The maximum absolute atomic E-state index is 5.94. The highest BCUT2D eigenvalue weighted by atomic mass is 35.5. The number of nitrogens with zero attached hydrogens (tertiary/aromatic N) is 2. The van der Waals surface area contributed by atoms with Crippen LogP contribution in [0.25, 0.3) is 0 Å². The molecule has 0 radical (unpaired) electrons. The van der Waals surface area contributed by atoms with Crippen LogP contribution in [0.2, 0.25) is 5.02 Å². The van der Waals surface area contributed by atoms with Crippen molar-refractivity contribution in [3.05, 3.63) is 11.2 Å². The van der Waals surface area contributed by atoms with Gasteiger partial charge < -0.3 is 15.8 Å². The van der Waals surface area contributed by atoms with E-state index in [0.29, 0.717) is 30.1 Å². The zero-order valence-electron chi connectivity index (χ0n) is 10.4. The molecule has 2 rings (SSSR count). The molecule has 1 aromatic heterocycles. The number of ether oxygens (including phenoxy) is 1. The number of aromatic nitrogens is 2. The van der Waals surface area contributed by atoms with Crippen LogP contribution in [0.4, 0.5) is 11.8 Å². The van der Waals surface area contributed by atoms with Crippen LogP contribution in [0.3, 0.4) is 0 Å². The first-order chi connectivity index (χ1) is 8.75. The number of halogens is 1. The standard InChI is InChI=1S/C12H19ClN4O/c13-10-8-16-12(14)17-11(10)15-6-7-18-9-4-2-1-3-5-9/h8-9H,1-7H2,(H3,14,15,16,17). The molecule has 1 aliphatic carbocycles. The van der Waals surface area contributed by atoms with E-state index in [9.17, 15) is 0 Å².